The van der Waals surface area contributed by atoms with Gasteiger partial charge < -0.3 is 28.4 Å². The third-order valence-corrected chi connectivity index (χ3v) is 7.70. The van der Waals surface area contributed by atoms with E-state index in [1.165, 1.54) is 6.08 Å². The molecule has 1 N–H and O–H groups in total. The van der Waals surface area contributed by atoms with Gasteiger partial charge >= 0.3 is 29.8 Å². The number of ether oxygens (including phenoxy) is 6. The van der Waals surface area contributed by atoms with Gasteiger partial charge in [0.1, 0.15) is 18.8 Å². The maximum atomic E-state index is 13.6. The lowest BCUT2D eigenvalue weighted by molar-refractivity contribution is -0.266. The lowest BCUT2D eigenvalue weighted by Gasteiger charge is -2.47. The molecule has 0 radical (unpaired) electrons. The molecule has 2 heterocycles. The number of hydrogen-bond acceptors (Lipinski definition) is 12. The highest BCUT2D eigenvalue weighted by atomic mass is 16.7. The third-order valence-electron chi connectivity index (χ3n) is 7.70. The molecular weight excluding hydrogens is 634 g/mol. The van der Waals surface area contributed by atoms with Crippen molar-refractivity contribution >= 4 is 29.8 Å². The van der Waals surface area contributed by atoms with E-state index in [4.69, 9.17) is 28.4 Å². The number of cyclic esters (lactones) is 1. The summed E-state index contributed by atoms with van der Waals surface area (Å²) in [5.41, 5.74) is -3.17. The highest BCUT2D eigenvalue weighted by Crippen LogP contribution is 2.35. The monoisotopic (exact) mass is 687 g/mol. The lowest BCUT2D eigenvalue weighted by Crippen LogP contribution is -2.67. The second-order valence-corrected chi connectivity index (χ2v) is 16.6. The average molecular weight is 688 g/mol. The normalized spacial score (nSPS) is 25.2. The first-order chi connectivity index (χ1) is 22.4. The molecule has 12 nitrogen and oxygen atoms in total. The van der Waals surface area contributed by atoms with Crippen LogP contribution in [0.4, 0.5) is 0 Å². The third kappa shape index (κ3) is 10.6. The molecule has 1 aromatic carbocycles. The first kappa shape index (κ1) is 39.7. The summed E-state index contributed by atoms with van der Waals surface area (Å²) >= 11 is 0. The number of hydrogen-bond donors (Lipinski definition) is 1. The molecule has 0 unspecified atom stereocenters. The van der Waals surface area contributed by atoms with E-state index >= 15 is 0 Å². The highest BCUT2D eigenvalue weighted by molar-refractivity contribution is 5.84. The minimum atomic E-state index is -1.42. The smallest absolute Gasteiger partial charge is 0.331 e. The van der Waals surface area contributed by atoms with Crippen LogP contribution in [0.15, 0.2) is 42.5 Å². The van der Waals surface area contributed by atoms with Crippen LogP contribution < -0.4 is 5.32 Å². The van der Waals surface area contributed by atoms with Crippen molar-refractivity contribution in [3.8, 4) is 0 Å². The van der Waals surface area contributed by atoms with E-state index in [0.29, 0.717) is 5.56 Å². The fourth-order valence-corrected chi connectivity index (χ4v) is 4.65. The summed E-state index contributed by atoms with van der Waals surface area (Å²) in [6.07, 6.45) is -4.53. The van der Waals surface area contributed by atoms with Crippen molar-refractivity contribution in [2.45, 2.75) is 126 Å². The molecular formula is C37H53NO11. The van der Waals surface area contributed by atoms with Gasteiger partial charge in [0.05, 0.1) is 27.7 Å². The summed E-state index contributed by atoms with van der Waals surface area (Å²) in [6, 6.07) is 8.36. The van der Waals surface area contributed by atoms with Crippen molar-refractivity contribution in [3.05, 3.63) is 48.0 Å². The van der Waals surface area contributed by atoms with Gasteiger partial charge in [-0.1, -0.05) is 30.3 Å². The maximum Gasteiger partial charge on any atom is 0.331 e. The van der Waals surface area contributed by atoms with Crippen molar-refractivity contribution in [1.82, 2.24) is 5.32 Å². The molecule has 0 saturated carbocycles. The van der Waals surface area contributed by atoms with Crippen molar-refractivity contribution in [2.24, 2.45) is 21.7 Å². The number of esters is 5. The summed E-state index contributed by atoms with van der Waals surface area (Å²) in [6.45, 7) is 19.6. The molecule has 49 heavy (non-hydrogen) atoms. The maximum absolute atomic E-state index is 13.6. The largest absolute Gasteiger partial charge is 0.462 e. The molecule has 2 aliphatic heterocycles. The van der Waals surface area contributed by atoms with Crippen LogP contribution >= 0.6 is 0 Å². The Balaban J connectivity index is 2.21. The Morgan fingerprint density at radius 1 is 0.694 bits per heavy atom. The van der Waals surface area contributed by atoms with Crippen molar-refractivity contribution in [3.63, 3.8) is 0 Å². The van der Waals surface area contributed by atoms with E-state index in [-0.39, 0.29) is 0 Å². The Morgan fingerprint density at radius 3 is 1.61 bits per heavy atom. The standard InChI is InChI=1S/C37H53NO11/c1-34(2,3)30(40)44-20-23-26(47-31(41)35(4,5)6)27(48-32(42)36(7,8)9)28(49-33(43)37(10,11)12)29(46-23)38-25(21-16-14-13-15-17-21)22-18-19-24(39)45-22/h13-19,22-23,25-29,38H,20H2,1-12H3/t22-,23+,25+,26-,27-,28+,29+/m0/s1. The van der Waals surface area contributed by atoms with E-state index in [1.807, 2.05) is 30.3 Å². The van der Waals surface area contributed by atoms with Gasteiger partial charge in [0.2, 0.25) is 0 Å². The molecule has 0 spiro atoms. The van der Waals surface area contributed by atoms with E-state index in [2.05, 4.69) is 5.32 Å². The first-order valence-corrected chi connectivity index (χ1v) is 16.6. The summed E-state index contributed by atoms with van der Waals surface area (Å²) in [7, 11) is 0. The first-order valence-electron chi connectivity index (χ1n) is 16.6. The van der Waals surface area contributed by atoms with E-state index in [9.17, 15) is 24.0 Å². The fraction of sp³-hybridized carbons (Fsp3) is 0.649. The zero-order chi connectivity index (χ0) is 37.1. The van der Waals surface area contributed by atoms with Gasteiger partial charge in [0.15, 0.2) is 24.5 Å². The molecule has 0 bridgehead atoms. The van der Waals surface area contributed by atoms with E-state index in [0.717, 1.165) is 0 Å². The van der Waals surface area contributed by atoms with Gasteiger partial charge in [-0.2, -0.15) is 0 Å². The minimum Gasteiger partial charge on any atom is -0.462 e. The molecule has 1 saturated heterocycles. The van der Waals surface area contributed by atoms with E-state index < -0.39 is 101 Å². The quantitative estimate of drug-likeness (QED) is 0.275. The highest BCUT2D eigenvalue weighted by Gasteiger charge is 2.55. The van der Waals surface area contributed by atoms with Crippen LogP contribution in [0.25, 0.3) is 0 Å². The molecule has 272 valence electrons. The Hall–Kier alpha value is -3.77. The topological polar surface area (TPSA) is 153 Å². The van der Waals surface area contributed by atoms with Crippen LogP contribution in [-0.4, -0.2) is 73.2 Å². The zero-order valence-electron chi connectivity index (χ0n) is 30.8. The number of carbonyl (C=O) groups is 5. The Bertz CT molecular complexity index is 1390. The van der Waals surface area contributed by atoms with Gasteiger partial charge in [0.25, 0.3) is 0 Å². The van der Waals surface area contributed by atoms with Crippen LogP contribution in [0.5, 0.6) is 0 Å². The van der Waals surface area contributed by atoms with Crippen LogP contribution in [0.1, 0.15) is 94.7 Å². The number of nitrogens with one attached hydrogen (secondary N) is 1. The van der Waals surface area contributed by atoms with Crippen LogP contribution in [-0.2, 0) is 52.4 Å². The molecule has 7 atom stereocenters. The molecule has 0 amide bonds. The second-order valence-electron chi connectivity index (χ2n) is 16.6. The van der Waals surface area contributed by atoms with Gasteiger partial charge in [-0.25, -0.2) is 4.79 Å². The molecule has 12 heteroatoms. The lowest BCUT2D eigenvalue weighted by atomic mass is 9.92. The summed E-state index contributed by atoms with van der Waals surface area (Å²) in [5, 5.41) is 3.34. The van der Waals surface area contributed by atoms with E-state index in [1.54, 1.807) is 89.2 Å². The molecule has 2 aliphatic rings. The SMILES string of the molecule is CC(C)(C)C(=O)OC[C@H]1O[C@@H](N[C@H](c2ccccc2)[C@@H]2C=CC(=O)O2)[C@H](OC(=O)C(C)(C)C)[C@@H](OC(=O)C(C)(C)C)[C@H]1OC(=O)C(C)(C)C. The molecule has 0 aromatic heterocycles. The van der Waals surface area contributed by atoms with Crippen molar-refractivity contribution in [1.29, 1.82) is 0 Å². The Morgan fingerprint density at radius 2 is 1.16 bits per heavy atom. The molecule has 3 rings (SSSR count). The number of benzene rings is 1. The summed E-state index contributed by atoms with van der Waals surface area (Å²) in [5.74, 6) is -3.04. The van der Waals surface area contributed by atoms with Crippen LogP contribution in [0.3, 0.4) is 0 Å². The van der Waals surface area contributed by atoms with Gasteiger partial charge in [-0.05, 0) is 94.7 Å². The van der Waals surface area contributed by atoms with Gasteiger partial charge in [-0.3, -0.25) is 24.5 Å². The fourth-order valence-electron chi connectivity index (χ4n) is 4.65. The average Bonchev–Trinajstić information content (AvgIpc) is 3.41. The molecule has 1 aromatic rings. The number of carbonyl (C=O) groups excluding carboxylic acids is 5. The van der Waals surface area contributed by atoms with Crippen LogP contribution in [0, 0.1) is 21.7 Å². The predicted octanol–water partition coefficient (Wildman–Crippen LogP) is 4.99. The molecule has 0 aliphatic carbocycles. The minimum absolute atomic E-state index is 0.395. The second kappa shape index (κ2) is 15.0. The molecule has 1 fully saturated rings. The van der Waals surface area contributed by atoms with Crippen molar-refractivity contribution < 1.29 is 52.4 Å². The van der Waals surface area contributed by atoms with Crippen LogP contribution in [0.2, 0.25) is 0 Å². The summed E-state index contributed by atoms with van der Waals surface area (Å²) < 4.78 is 36.1. The predicted molar refractivity (Wildman–Crippen MR) is 178 cm³/mol. The van der Waals surface area contributed by atoms with Crippen molar-refractivity contribution in [2.75, 3.05) is 6.61 Å². The summed E-state index contributed by atoms with van der Waals surface area (Å²) in [4.78, 5) is 65.7. The number of rotatable bonds is 9. The van der Waals surface area contributed by atoms with Gasteiger partial charge in [0, 0.05) is 6.08 Å². The zero-order valence-corrected chi connectivity index (χ0v) is 30.8. The van der Waals surface area contributed by atoms with Gasteiger partial charge in [-0.15, -0.1) is 0 Å². The Kier molecular flexibility index (Phi) is 12.1. The Labute approximate surface area is 289 Å².